The molecule has 2 N–H and O–H groups in total. The van der Waals surface area contributed by atoms with Gasteiger partial charge in [-0.05, 0) is 31.0 Å². The number of nitrogens with zero attached hydrogens (tertiary/aromatic N) is 1. The van der Waals surface area contributed by atoms with E-state index >= 15 is 0 Å². The van der Waals surface area contributed by atoms with Crippen LogP contribution in [-0.4, -0.2) is 30.9 Å². The first kappa shape index (κ1) is 14.8. The minimum absolute atomic E-state index is 0.0360. The first-order valence-electron chi connectivity index (χ1n) is 6.33. The Labute approximate surface area is 109 Å². The molecule has 0 aliphatic carbocycles. The van der Waals surface area contributed by atoms with Crippen LogP contribution >= 0.6 is 0 Å². The van der Waals surface area contributed by atoms with Crippen LogP contribution in [-0.2, 0) is 11.2 Å². The van der Waals surface area contributed by atoms with Crippen LogP contribution in [0.3, 0.4) is 0 Å². The molecule has 1 amide bonds. The van der Waals surface area contributed by atoms with Gasteiger partial charge in [0.25, 0.3) is 0 Å². The van der Waals surface area contributed by atoms with E-state index in [-0.39, 0.29) is 11.3 Å². The third kappa shape index (κ3) is 4.53. The van der Waals surface area contributed by atoms with E-state index in [1.807, 2.05) is 26.1 Å². The Morgan fingerprint density at radius 2 is 2.11 bits per heavy atom. The van der Waals surface area contributed by atoms with Crippen molar-refractivity contribution in [2.24, 2.45) is 11.1 Å². The molecule has 18 heavy (non-hydrogen) atoms. The van der Waals surface area contributed by atoms with Gasteiger partial charge in [-0.1, -0.05) is 13.8 Å². The molecule has 1 rings (SSSR count). The second-order valence-corrected chi connectivity index (χ2v) is 5.63. The zero-order valence-electron chi connectivity index (χ0n) is 11.8. The topological polar surface area (TPSA) is 59.5 Å². The van der Waals surface area contributed by atoms with E-state index in [1.165, 1.54) is 0 Å². The monoisotopic (exact) mass is 252 g/mol. The largest absolute Gasteiger partial charge is 0.466 e. The van der Waals surface area contributed by atoms with Crippen molar-refractivity contribution in [2.45, 2.75) is 33.6 Å². The molecule has 102 valence electrons. The molecule has 0 bridgehead atoms. The van der Waals surface area contributed by atoms with E-state index < -0.39 is 0 Å². The summed E-state index contributed by atoms with van der Waals surface area (Å²) in [6.07, 6.45) is 1.13. The first-order chi connectivity index (χ1) is 8.34. The highest BCUT2D eigenvalue weighted by molar-refractivity contribution is 5.76. The molecule has 0 aliphatic rings. The number of amides is 1. The van der Waals surface area contributed by atoms with Crippen LogP contribution in [0.25, 0.3) is 0 Å². The summed E-state index contributed by atoms with van der Waals surface area (Å²) in [7, 11) is 1.83. The summed E-state index contributed by atoms with van der Waals surface area (Å²) in [6, 6.07) is 3.84. The van der Waals surface area contributed by atoms with Gasteiger partial charge < -0.3 is 15.1 Å². The van der Waals surface area contributed by atoms with Crippen LogP contribution in [0.15, 0.2) is 16.5 Å². The van der Waals surface area contributed by atoms with Crippen molar-refractivity contribution in [3.05, 3.63) is 23.7 Å². The highest BCUT2D eigenvalue weighted by atomic mass is 16.3. The first-order valence-corrected chi connectivity index (χ1v) is 6.33. The molecule has 0 radical (unpaired) electrons. The van der Waals surface area contributed by atoms with Gasteiger partial charge >= 0.3 is 0 Å². The fourth-order valence-corrected chi connectivity index (χ4v) is 1.84. The smallest absolute Gasteiger partial charge is 0.222 e. The van der Waals surface area contributed by atoms with Gasteiger partial charge in [0.05, 0.1) is 0 Å². The fourth-order valence-electron chi connectivity index (χ4n) is 1.84. The Hall–Kier alpha value is -1.29. The van der Waals surface area contributed by atoms with E-state index in [2.05, 4.69) is 13.8 Å². The highest BCUT2D eigenvalue weighted by Gasteiger charge is 2.21. The molecule has 1 aromatic heterocycles. The maximum Gasteiger partial charge on any atom is 0.222 e. The van der Waals surface area contributed by atoms with Crippen LogP contribution in [0.1, 0.15) is 31.8 Å². The Bertz CT molecular complexity index is 396. The van der Waals surface area contributed by atoms with E-state index in [9.17, 15) is 4.79 Å². The zero-order chi connectivity index (χ0) is 13.8. The van der Waals surface area contributed by atoms with Gasteiger partial charge in [0.1, 0.15) is 11.5 Å². The van der Waals surface area contributed by atoms with Crippen LogP contribution in [0.5, 0.6) is 0 Å². The molecule has 0 saturated heterocycles. The summed E-state index contributed by atoms with van der Waals surface area (Å²) in [6.45, 7) is 7.28. The number of hydrogen-bond acceptors (Lipinski definition) is 3. The van der Waals surface area contributed by atoms with Crippen LogP contribution in [0.4, 0.5) is 0 Å². The minimum Gasteiger partial charge on any atom is -0.466 e. The van der Waals surface area contributed by atoms with E-state index in [0.717, 1.165) is 11.5 Å². The van der Waals surface area contributed by atoms with Gasteiger partial charge in [-0.25, -0.2) is 0 Å². The summed E-state index contributed by atoms with van der Waals surface area (Å²) >= 11 is 0. The van der Waals surface area contributed by atoms with E-state index in [4.69, 9.17) is 10.2 Å². The average Bonchev–Trinajstić information content (AvgIpc) is 2.71. The lowest BCUT2D eigenvalue weighted by Gasteiger charge is -2.29. The molecule has 4 heteroatoms. The molecule has 0 spiro atoms. The summed E-state index contributed by atoms with van der Waals surface area (Å²) in [4.78, 5) is 13.7. The molecular formula is C14H24N2O2. The van der Waals surface area contributed by atoms with Crippen LogP contribution in [0.2, 0.25) is 0 Å². The maximum atomic E-state index is 12.0. The number of hydrogen-bond donors (Lipinski definition) is 1. The molecule has 1 aromatic rings. The van der Waals surface area contributed by atoms with Crippen molar-refractivity contribution < 1.29 is 9.21 Å². The predicted molar refractivity (Wildman–Crippen MR) is 72.2 cm³/mol. The number of furan rings is 1. The summed E-state index contributed by atoms with van der Waals surface area (Å²) in [5.74, 6) is 1.88. The summed E-state index contributed by atoms with van der Waals surface area (Å²) in [5.41, 5.74) is 5.63. The van der Waals surface area contributed by atoms with Gasteiger partial charge in [0, 0.05) is 26.4 Å². The van der Waals surface area contributed by atoms with Crippen molar-refractivity contribution in [2.75, 3.05) is 20.1 Å². The number of rotatable bonds is 6. The molecule has 0 fully saturated rings. The lowest BCUT2D eigenvalue weighted by Crippen LogP contribution is -2.39. The lowest BCUT2D eigenvalue weighted by molar-refractivity contribution is -0.131. The Kier molecular flexibility index (Phi) is 4.96. The number of aryl methyl sites for hydroxylation is 2. The van der Waals surface area contributed by atoms with Crippen molar-refractivity contribution in [1.82, 2.24) is 4.90 Å². The Balaban J connectivity index is 2.41. The molecule has 1 heterocycles. The van der Waals surface area contributed by atoms with Gasteiger partial charge in [-0.3, -0.25) is 4.79 Å². The van der Waals surface area contributed by atoms with Crippen LogP contribution in [0, 0.1) is 12.3 Å². The van der Waals surface area contributed by atoms with E-state index in [0.29, 0.717) is 25.9 Å². The molecule has 0 atom stereocenters. The molecule has 0 unspecified atom stereocenters. The number of carbonyl (C=O) groups is 1. The normalized spacial score (nSPS) is 11.6. The number of carbonyl (C=O) groups excluding carboxylic acids is 1. The Morgan fingerprint density at radius 3 is 2.61 bits per heavy atom. The lowest BCUT2D eigenvalue weighted by atomic mass is 9.93. The van der Waals surface area contributed by atoms with Gasteiger partial charge in [-0.2, -0.15) is 0 Å². The molecule has 0 aliphatic heterocycles. The quantitative estimate of drug-likeness (QED) is 0.842. The molecule has 4 nitrogen and oxygen atoms in total. The fraction of sp³-hybridized carbons (Fsp3) is 0.643. The minimum atomic E-state index is -0.0360. The van der Waals surface area contributed by atoms with Crippen molar-refractivity contribution in [3.8, 4) is 0 Å². The zero-order valence-corrected chi connectivity index (χ0v) is 11.8. The van der Waals surface area contributed by atoms with Gasteiger partial charge in [0.15, 0.2) is 0 Å². The predicted octanol–water partition coefficient (Wildman–Crippen LogP) is 1.96. The molecule has 0 saturated carbocycles. The van der Waals surface area contributed by atoms with Crippen LogP contribution < -0.4 is 5.73 Å². The third-order valence-corrected chi connectivity index (χ3v) is 3.02. The summed E-state index contributed by atoms with van der Waals surface area (Å²) in [5, 5.41) is 0. The summed E-state index contributed by atoms with van der Waals surface area (Å²) < 4.78 is 5.44. The van der Waals surface area contributed by atoms with E-state index in [1.54, 1.807) is 4.90 Å². The second-order valence-electron chi connectivity index (χ2n) is 5.63. The maximum absolute atomic E-state index is 12.0. The molecule has 0 aromatic carbocycles. The SMILES string of the molecule is Cc1ccc(CCC(=O)N(C)CC(C)(C)CN)o1. The highest BCUT2D eigenvalue weighted by Crippen LogP contribution is 2.15. The second kappa shape index (κ2) is 6.05. The average molecular weight is 252 g/mol. The van der Waals surface area contributed by atoms with Gasteiger partial charge in [-0.15, -0.1) is 0 Å². The van der Waals surface area contributed by atoms with Crippen molar-refractivity contribution in [3.63, 3.8) is 0 Å². The number of nitrogens with two attached hydrogens (primary N) is 1. The standard InChI is InChI=1S/C14H24N2O2/c1-11-5-6-12(18-11)7-8-13(17)16(4)10-14(2,3)9-15/h5-6H,7-10,15H2,1-4H3. The van der Waals surface area contributed by atoms with Crippen molar-refractivity contribution in [1.29, 1.82) is 0 Å². The third-order valence-electron chi connectivity index (χ3n) is 3.02. The molecular weight excluding hydrogens is 228 g/mol. The van der Waals surface area contributed by atoms with Gasteiger partial charge in [0.2, 0.25) is 5.91 Å². The Morgan fingerprint density at radius 1 is 1.44 bits per heavy atom. The van der Waals surface area contributed by atoms with Crippen molar-refractivity contribution >= 4 is 5.91 Å².